The molecule has 1 aromatic carbocycles. The molecule has 9 heteroatoms. The fraction of sp³-hybridized carbons (Fsp3) is 0.214. The van der Waals surface area contributed by atoms with E-state index in [1.807, 2.05) is 0 Å². The zero-order valence-corrected chi connectivity index (χ0v) is 14.0. The van der Waals surface area contributed by atoms with Crippen LogP contribution in [0, 0.1) is 0 Å². The van der Waals surface area contributed by atoms with Crippen molar-refractivity contribution < 1.29 is 19.2 Å². The summed E-state index contributed by atoms with van der Waals surface area (Å²) in [6.07, 6.45) is 4.59. The molecule has 0 radical (unpaired) electrons. The summed E-state index contributed by atoms with van der Waals surface area (Å²) >= 11 is 4.76. The third kappa shape index (κ3) is 4.47. The van der Waals surface area contributed by atoms with Crippen LogP contribution in [0.3, 0.4) is 0 Å². The van der Waals surface area contributed by atoms with Gasteiger partial charge in [0.2, 0.25) is 0 Å². The molecule has 1 atom stereocenters. The Kier molecular flexibility index (Phi) is 5.64. The van der Waals surface area contributed by atoms with Gasteiger partial charge in [-0.2, -0.15) is 4.31 Å². The summed E-state index contributed by atoms with van der Waals surface area (Å²) in [5, 5.41) is 9.20. The van der Waals surface area contributed by atoms with Gasteiger partial charge in [0.15, 0.2) is 6.61 Å². The summed E-state index contributed by atoms with van der Waals surface area (Å²) in [5.41, 5.74) is 1.18. The molecule has 0 bridgehead atoms. The van der Waals surface area contributed by atoms with Crippen molar-refractivity contribution in [1.82, 2.24) is 9.97 Å². The first-order valence-electron chi connectivity index (χ1n) is 6.42. The van der Waals surface area contributed by atoms with Crippen molar-refractivity contribution >= 4 is 34.9 Å². The average Bonchev–Trinajstić information content (AvgIpc) is 2.53. The van der Waals surface area contributed by atoms with E-state index in [2.05, 4.69) is 9.97 Å². The summed E-state index contributed by atoms with van der Waals surface area (Å²) in [6, 6.07) is 4.83. The highest BCUT2D eigenvalue weighted by molar-refractivity contribution is 7.92. The molecular weight excluding hydrogens is 342 g/mol. The number of anilines is 1. The summed E-state index contributed by atoms with van der Waals surface area (Å²) < 4.78 is 18.1. The Labute approximate surface area is 141 Å². The highest BCUT2D eigenvalue weighted by atomic mass is 35.5. The first-order chi connectivity index (χ1) is 10.9. The van der Waals surface area contributed by atoms with E-state index >= 15 is 0 Å². The van der Waals surface area contributed by atoms with E-state index in [9.17, 15) is 9.35 Å². The van der Waals surface area contributed by atoms with Crippen molar-refractivity contribution in [3.05, 3.63) is 35.6 Å². The van der Waals surface area contributed by atoms with Crippen LogP contribution in [0.25, 0.3) is 11.1 Å². The van der Waals surface area contributed by atoms with Crippen LogP contribution in [0.4, 0.5) is 5.95 Å². The average molecular weight is 356 g/mol. The molecule has 1 heterocycles. The molecule has 7 nitrogen and oxygen atoms in total. The maximum absolute atomic E-state index is 11.4. The standard InChI is InChI=1S/C14H14ClN3O4S/c1-18(23(2)21)14-16-6-9(7-17-14)11-5-10(15)3-4-12(11)22-8-13(19)20/h3-7H,8H2,1-2H3,(H,19,20). The van der Waals surface area contributed by atoms with Crippen molar-refractivity contribution in [3.8, 4) is 16.9 Å². The summed E-state index contributed by atoms with van der Waals surface area (Å²) in [7, 11) is 1.62. The monoisotopic (exact) mass is 355 g/mol. The van der Waals surface area contributed by atoms with Crippen LogP contribution < -0.4 is 9.04 Å². The maximum Gasteiger partial charge on any atom is 0.341 e. The SMILES string of the molecule is CN(c1ncc(-c2cc(Cl)ccc2OCC(=O)O)cn1)[S+](C)[O-]. The molecule has 2 aromatic rings. The first-order valence-corrected chi connectivity index (χ1v) is 8.31. The minimum Gasteiger partial charge on any atom is -0.593 e. The van der Waals surface area contributed by atoms with Gasteiger partial charge in [-0.05, 0) is 18.2 Å². The van der Waals surface area contributed by atoms with Crippen LogP contribution in [0.1, 0.15) is 0 Å². The number of hydrogen-bond donors (Lipinski definition) is 1. The molecule has 0 aliphatic carbocycles. The predicted octanol–water partition coefficient (Wildman–Crippen LogP) is 1.99. The van der Waals surface area contributed by atoms with Gasteiger partial charge >= 0.3 is 5.97 Å². The van der Waals surface area contributed by atoms with E-state index in [0.29, 0.717) is 27.8 Å². The van der Waals surface area contributed by atoms with Gasteiger partial charge in [-0.25, -0.2) is 14.8 Å². The highest BCUT2D eigenvalue weighted by Gasteiger charge is 2.15. The molecule has 23 heavy (non-hydrogen) atoms. The van der Waals surface area contributed by atoms with Crippen LogP contribution in [-0.2, 0) is 16.2 Å². The van der Waals surface area contributed by atoms with E-state index in [0.717, 1.165) is 0 Å². The second kappa shape index (κ2) is 7.49. The lowest BCUT2D eigenvalue weighted by atomic mass is 10.1. The maximum atomic E-state index is 11.4. The Morgan fingerprint density at radius 2 is 2.09 bits per heavy atom. The minimum absolute atomic E-state index is 0.310. The molecule has 0 spiro atoms. The van der Waals surface area contributed by atoms with Crippen LogP contribution in [0.5, 0.6) is 5.75 Å². The lowest BCUT2D eigenvalue weighted by Crippen LogP contribution is -2.26. The zero-order chi connectivity index (χ0) is 17.0. The quantitative estimate of drug-likeness (QED) is 0.791. The van der Waals surface area contributed by atoms with E-state index in [1.54, 1.807) is 25.2 Å². The third-order valence-electron chi connectivity index (χ3n) is 2.91. The summed E-state index contributed by atoms with van der Waals surface area (Å²) in [6.45, 7) is -0.467. The lowest BCUT2D eigenvalue weighted by molar-refractivity contribution is -0.139. The van der Waals surface area contributed by atoms with Crippen molar-refractivity contribution in [2.75, 3.05) is 24.2 Å². The smallest absolute Gasteiger partial charge is 0.341 e. The molecule has 1 unspecified atom stereocenters. The number of carbonyl (C=O) groups is 1. The number of ether oxygens (including phenoxy) is 1. The lowest BCUT2D eigenvalue weighted by Gasteiger charge is -2.16. The Morgan fingerprint density at radius 1 is 1.43 bits per heavy atom. The van der Waals surface area contributed by atoms with Crippen LogP contribution in [-0.4, -0.2) is 45.5 Å². The summed E-state index contributed by atoms with van der Waals surface area (Å²) in [4.78, 5) is 19.0. The number of halogens is 1. The first kappa shape index (κ1) is 17.3. The van der Waals surface area contributed by atoms with Gasteiger partial charge in [-0.15, -0.1) is 0 Å². The molecular formula is C14H14ClN3O4S. The van der Waals surface area contributed by atoms with Gasteiger partial charge in [0.05, 0.1) is 18.4 Å². The largest absolute Gasteiger partial charge is 0.593 e. The molecule has 122 valence electrons. The van der Waals surface area contributed by atoms with E-state index in [1.165, 1.54) is 23.0 Å². The van der Waals surface area contributed by atoms with Crippen molar-refractivity contribution in [2.24, 2.45) is 0 Å². The Bertz CT molecular complexity index is 697. The van der Waals surface area contributed by atoms with E-state index in [4.69, 9.17) is 21.4 Å². The zero-order valence-electron chi connectivity index (χ0n) is 12.4. The van der Waals surface area contributed by atoms with Gasteiger partial charge in [0.1, 0.15) is 12.0 Å². The number of carboxylic acid groups (broad SMARTS) is 1. The fourth-order valence-electron chi connectivity index (χ4n) is 1.73. The number of benzene rings is 1. The van der Waals surface area contributed by atoms with Gasteiger partial charge in [0.25, 0.3) is 5.95 Å². The molecule has 0 saturated heterocycles. The minimum atomic E-state index is -1.23. The Morgan fingerprint density at radius 3 is 2.65 bits per heavy atom. The van der Waals surface area contributed by atoms with Crippen LogP contribution >= 0.6 is 11.6 Å². The number of carboxylic acids is 1. The molecule has 2 rings (SSSR count). The number of rotatable bonds is 6. The molecule has 0 aliphatic heterocycles. The van der Waals surface area contributed by atoms with E-state index < -0.39 is 23.9 Å². The van der Waals surface area contributed by atoms with Crippen molar-refractivity contribution in [1.29, 1.82) is 0 Å². The molecule has 0 saturated carbocycles. The van der Waals surface area contributed by atoms with Crippen molar-refractivity contribution in [2.45, 2.75) is 0 Å². The summed E-state index contributed by atoms with van der Waals surface area (Å²) in [5.74, 6) is -0.408. The second-order valence-electron chi connectivity index (χ2n) is 4.52. The van der Waals surface area contributed by atoms with Gasteiger partial charge in [0, 0.05) is 28.5 Å². The fourth-order valence-corrected chi connectivity index (χ4v) is 2.23. The van der Waals surface area contributed by atoms with Gasteiger partial charge in [-0.3, -0.25) is 0 Å². The highest BCUT2D eigenvalue weighted by Crippen LogP contribution is 2.32. The number of aromatic nitrogens is 2. The van der Waals surface area contributed by atoms with Crippen LogP contribution in [0.15, 0.2) is 30.6 Å². The molecule has 0 amide bonds. The van der Waals surface area contributed by atoms with Crippen molar-refractivity contribution in [3.63, 3.8) is 0 Å². The third-order valence-corrected chi connectivity index (χ3v) is 4.08. The topological polar surface area (TPSA) is 98.6 Å². The van der Waals surface area contributed by atoms with Crippen LogP contribution in [0.2, 0.25) is 5.02 Å². The number of aliphatic carboxylic acids is 1. The molecule has 1 aromatic heterocycles. The number of hydrogen-bond acceptors (Lipinski definition) is 6. The van der Waals surface area contributed by atoms with Gasteiger partial charge < -0.3 is 14.4 Å². The molecule has 0 aliphatic rings. The molecule has 1 N–H and O–H groups in total. The Hall–Kier alpha value is -2.03. The predicted molar refractivity (Wildman–Crippen MR) is 88.1 cm³/mol. The Balaban J connectivity index is 2.33. The van der Waals surface area contributed by atoms with E-state index in [-0.39, 0.29) is 0 Å². The van der Waals surface area contributed by atoms with Gasteiger partial charge in [-0.1, -0.05) is 11.6 Å². The molecule has 0 fully saturated rings. The number of nitrogens with zero attached hydrogens (tertiary/aromatic N) is 3. The second-order valence-corrected chi connectivity index (χ2v) is 6.35. The normalized spacial score (nSPS) is 11.8.